The number of carbonyl (C=O) groups excluding carboxylic acids is 1. The summed E-state index contributed by atoms with van der Waals surface area (Å²) in [5.41, 5.74) is 1.29. The minimum absolute atomic E-state index is 0.0363. The van der Waals surface area contributed by atoms with Crippen LogP contribution < -0.4 is 10.9 Å². The van der Waals surface area contributed by atoms with E-state index in [1.807, 2.05) is 18.2 Å². The summed E-state index contributed by atoms with van der Waals surface area (Å²) < 4.78 is 1.36. The van der Waals surface area contributed by atoms with Crippen LogP contribution in [0, 0.1) is 0 Å². The first kappa shape index (κ1) is 18.5. The molecule has 1 heterocycles. The van der Waals surface area contributed by atoms with E-state index in [1.165, 1.54) is 16.8 Å². The molecule has 0 spiro atoms. The van der Waals surface area contributed by atoms with Crippen LogP contribution in [0.2, 0.25) is 15.1 Å². The topological polar surface area (TPSA) is 51.1 Å². The van der Waals surface area contributed by atoms with E-state index in [9.17, 15) is 9.59 Å². The van der Waals surface area contributed by atoms with Gasteiger partial charge in [0.2, 0.25) is 0 Å². The molecule has 0 saturated heterocycles. The van der Waals surface area contributed by atoms with Gasteiger partial charge in [-0.05, 0) is 35.9 Å². The molecule has 26 heavy (non-hydrogen) atoms. The monoisotopic (exact) mass is 406 g/mol. The van der Waals surface area contributed by atoms with Crippen molar-refractivity contribution in [3.63, 3.8) is 0 Å². The molecular weight excluding hydrogens is 395 g/mol. The minimum atomic E-state index is -0.394. The molecule has 0 aliphatic heterocycles. The fraction of sp³-hybridized carbons (Fsp3) is 0.0526. The molecule has 0 unspecified atom stereocenters. The van der Waals surface area contributed by atoms with Gasteiger partial charge >= 0.3 is 0 Å². The zero-order valence-electron chi connectivity index (χ0n) is 13.4. The first-order chi connectivity index (χ1) is 12.4. The van der Waals surface area contributed by atoms with E-state index in [-0.39, 0.29) is 23.0 Å². The second-order valence-electron chi connectivity index (χ2n) is 5.58. The lowest BCUT2D eigenvalue weighted by Gasteiger charge is -2.11. The van der Waals surface area contributed by atoms with Gasteiger partial charge in [-0.15, -0.1) is 0 Å². The highest BCUT2D eigenvalue weighted by Gasteiger charge is 2.12. The molecule has 3 rings (SSSR count). The molecule has 0 bridgehead atoms. The predicted octanol–water partition coefficient (Wildman–Crippen LogP) is 5.11. The molecule has 1 aromatic heterocycles. The second-order valence-corrected chi connectivity index (χ2v) is 6.80. The van der Waals surface area contributed by atoms with E-state index < -0.39 is 5.56 Å². The van der Waals surface area contributed by atoms with Gasteiger partial charge in [-0.25, -0.2) is 0 Å². The lowest BCUT2D eigenvalue weighted by Crippen LogP contribution is -2.24. The van der Waals surface area contributed by atoms with Gasteiger partial charge in [0.1, 0.15) is 5.02 Å². The van der Waals surface area contributed by atoms with Crippen molar-refractivity contribution < 1.29 is 4.79 Å². The van der Waals surface area contributed by atoms with Gasteiger partial charge in [-0.3, -0.25) is 9.59 Å². The van der Waals surface area contributed by atoms with E-state index in [2.05, 4.69) is 5.32 Å². The Hall–Kier alpha value is -2.27. The molecule has 3 aromatic rings. The Bertz CT molecular complexity index is 1020. The number of nitrogens with one attached hydrogen (secondary N) is 1. The average molecular weight is 408 g/mol. The Morgan fingerprint density at radius 2 is 1.65 bits per heavy atom. The van der Waals surface area contributed by atoms with E-state index in [4.69, 9.17) is 34.8 Å². The van der Waals surface area contributed by atoms with Crippen LogP contribution >= 0.6 is 34.8 Å². The van der Waals surface area contributed by atoms with Crippen molar-refractivity contribution in [2.75, 3.05) is 5.32 Å². The molecule has 1 N–H and O–H groups in total. The molecule has 1 amide bonds. The molecule has 0 fully saturated rings. The van der Waals surface area contributed by atoms with Gasteiger partial charge in [-0.1, -0.05) is 59.1 Å². The zero-order valence-corrected chi connectivity index (χ0v) is 15.6. The lowest BCUT2D eigenvalue weighted by molar-refractivity contribution is 0.102. The maximum absolute atomic E-state index is 12.5. The number of rotatable bonds is 4. The van der Waals surface area contributed by atoms with Gasteiger partial charge in [0.15, 0.2) is 0 Å². The maximum atomic E-state index is 12.5. The van der Waals surface area contributed by atoms with Crippen LogP contribution in [0.3, 0.4) is 0 Å². The Labute approximate surface area is 164 Å². The molecule has 132 valence electrons. The van der Waals surface area contributed by atoms with Crippen molar-refractivity contribution in [3.8, 4) is 0 Å². The van der Waals surface area contributed by atoms with Crippen LogP contribution in [0.1, 0.15) is 15.9 Å². The molecule has 0 radical (unpaired) electrons. The number of carbonyl (C=O) groups is 1. The number of amides is 1. The SMILES string of the molecule is O=C(Nc1ccccc1)c1cc(Cl)c(=O)n(Cc2ccc(Cl)c(Cl)c2)c1. The first-order valence-corrected chi connectivity index (χ1v) is 8.78. The van der Waals surface area contributed by atoms with E-state index >= 15 is 0 Å². The van der Waals surface area contributed by atoms with Crippen molar-refractivity contribution in [1.29, 1.82) is 0 Å². The standard InChI is InChI=1S/C19H13Cl3N2O2/c20-15-7-6-12(8-16(15)21)10-24-11-13(9-17(22)19(24)26)18(25)23-14-4-2-1-3-5-14/h1-9,11H,10H2,(H,23,25). The third-order valence-corrected chi connectivity index (χ3v) is 4.68. The number of hydrogen-bond acceptors (Lipinski definition) is 2. The smallest absolute Gasteiger partial charge is 0.269 e. The Morgan fingerprint density at radius 1 is 0.923 bits per heavy atom. The molecule has 0 aliphatic rings. The molecule has 0 saturated carbocycles. The Morgan fingerprint density at radius 3 is 2.35 bits per heavy atom. The number of para-hydroxylation sites is 1. The largest absolute Gasteiger partial charge is 0.322 e. The van der Waals surface area contributed by atoms with Crippen LogP contribution in [-0.4, -0.2) is 10.5 Å². The number of halogens is 3. The van der Waals surface area contributed by atoms with E-state index in [1.54, 1.807) is 30.3 Å². The summed E-state index contributed by atoms with van der Waals surface area (Å²) in [4.78, 5) is 24.8. The van der Waals surface area contributed by atoms with Crippen molar-refractivity contribution >= 4 is 46.4 Å². The number of aromatic nitrogens is 1. The van der Waals surface area contributed by atoms with Gasteiger partial charge in [-0.2, -0.15) is 0 Å². The normalized spacial score (nSPS) is 10.6. The number of pyridine rings is 1. The first-order valence-electron chi connectivity index (χ1n) is 7.64. The molecule has 2 aromatic carbocycles. The minimum Gasteiger partial charge on any atom is -0.322 e. The maximum Gasteiger partial charge on any atom is 0.269 e. The highest BCUT2D eigenvalue weighted by atomic mass is 35.5. The van der Waals surface area contributed by atoms with Crippen molar-refractivity contribution in [2.45, 2.75) is 6.54 Å². The number of hydrogen-bond donors (Lipinski definition) is 1. The van der Waals surface area contributed by atoms with Crippen molar-refractivity contribution in [1.82, 2.24) is 4.57 Å². The molecular formula is C19H13Cl3N2O2. The van der Waals surface area contributed by atoms with Crippen LogP contribution in [0.25, 0.3) is 0 Å². The summed E-state index contributed by atoms with van der Waals surface area (Å²) in [7, 11) is 0. The third-order valence-electron chi connectivity index (χ3n) is 3.67. The quantitative estimate of drug-likeness (QED) is 0.653. The van der Waals surface area contributed by atoms with Gasteiger partial charge < -0.3 is 9.88 Å². The Kier molecular flexibility index (Phi) is 5.67. The van der Waals surface area contributed by atoms with Crippen LogP contribution in [-0.2, 0) is 6.54 Å². The van der Waals surface area contributed by atoms with Gasteiger partial charge in [0.25, 0.3) is 11.5 Å². The van der Waals surface area contributed by atoms with Crippen molar-refractivity contribution in [2.24, 2.45) is 0 Å². The summed E-state index contributed by atoms with van der Waals surface area (Å²) in [6.07, 6.45) is 1.47. The summed E-state index contributed by atoms with van der Waals surface area (Å²) in [6.45, 7) is 0.210. The number of benzene rings is 2. The fourth-order valence-electron chi connectivity index (χ4n) is 2.40. The average Bonchev–Trinajstić information content (AvgIpc) is 2.62. The van der Waals surface area contributed by atoms with Crippen LogP contribution in [0.5, 0.6) is 0 Å². The highest BCUT2D eigenvalue weighted by Crippen LogP contribution is 2.23. The summed E-state index contributed by atoms with van der Waals surface area (Å²) in [6, 6.07) is 15.4. The number of anilines is 1. The second kappa shape index (κ2) is 7.96. The van der Waals surface area contributed by atoms with Crippen molar-refractivity contribution in [3.05, 3.63) is 97.3 Å². The van der Waals surface area contributed by atoms with E-state index in [0.29, 0.717) is 15.7 Å². The third kappa shape index (κ3) is 4.28. The van der Waals surface area contributed by atoms with E-state index in [0.717, 1.165) is 5.56 Å². The van der Waals surface area contributed by atoms with Crippen LogP contribution in [0.15, 0.2) is 65.6 Å². The molecule has 4 nitrogen and oxygen atoms in total. The Balaban J connectivity index is 1.90. The fourth-order valence-corrected chi connectivity index (χ4v) is 2.95. The highest BCUT2D eigenvalue weighted by molar-refractivity contribution is 6.42. The summed E-state index contributed by atoms with van der Waals surface area (Å²) in [5.74, 6) is -0.360. The molecule has 0 aliphatic carbocycles. The van der Waals surface area contributed by atoms with Crippen LogP contribution in [0.4, 0.5) is 5.69 Å². The van der Waals surface area contributed by atoms with Gasteiger partial charge in [0, 0.05) is 11.9 Å². The zero-order chi connectivity index (χ0) is 18.7. The summed E-state index contributed by atoms with van der Waals surface area (Å²) >= 11 is 18.0. The van der Waals surface area contributed by atoms with Gasteiger partial charge in [0.05, 0.1) is 22.2 Å². The lowest BCUT2D eigenvalue weighted by atomic mass is 10.2. The summed E-state index contributed by atoms with van der Waals surface area (Å²) in [5, 5.41) is 3.54. The number of nitrogens with zero attached hydrogens (tertiary/aromatic N) is 1. The predicted molar refractivity (Wildman–Crippen MR) is 106 cm³/mol. The molecule has 0 atom stereocenters. The molecule has 7 heteroatoms.